The van der Waals surface area contributed by atoms with E-state index in [0.29, 0.717) is 30.6 Å². The van der Waals surface area contributed by atoms with Gasteiger partial charge in [0.1, 0.15) is 0 Å². The minimum atomic E-state index is -4.96. The highest BCUT2D eigenvalue weighted by atomic mass is 19.4. The van der Waals surface area contributed by atoms with E-state index >= 15 is 0 Å². The Morgan fingerprint density at radius 1 is 1.22 bits per heavy atom. The minimum Gasteiger partial charge on any atom is -0.343 e. The zero-order chi connectivity index (χ0) is 20.2. The van der Waals surface area contributed by atoms with Crippen molar-refractivity contribution in [2.24, 2.45) is 0 Å². The Morgan fingerprint density at radius 2 is 1.85 bits per heavy atom. The van der Waals surface area contributed by atoms with Gasteiger partial charge in [-0.1, -0.05) is 6.58 Å². The fraction of sp³-hybridized carbons (Fsp3) is 0.389. The Kier molecular flexibility index (Phi) is 6.24. The van der Waals surface area contributed by atoms with Crippen molar-refractivity contribution in [2.75, 3.05) is 11.9 Å². The van der Waals surface area contributed by atoms with Gasteiger partial charge in [0.15, 0.2) is 0 Å². The Morgan fingerprint density at radius 3 is 2.41 bits per heavy atom. The Labute approximate surface area is 154 Å². The molecule has 27 heavy (non-hydrogen) atoms. The zero-order valence-corrected chi connectivity index (χ0v) is 14.7. The molecule has 3 amide bonds. The molecular weight excluding hydrogens is 363 g/mol. The fourth-order valence-corrected chi connectivity index (χ4v) is 2.93. The van der Waals surface area contributed by atoms with Crippen LogP contribution in [0.3, 0.4) is 0 Å². The van der Waals surface area contributed by atoms with Crippen LogP contribution in [0.15, 0.2) is 36.9 Å². The van der Waals surface area contributed by atoms with Gasteiger partial charge >= 0.3 is 12.1 Å². The van der Waals surface area contributed by atoms with Crippen molar-refractivity contribution in [1.82, 2.24) is 10.2 Å². The van der Waals surface area contributed by atoms with E-state index in [9.17, 15) is 27.6 Å². The first-order valence-electron chi connectivity index (χ1n) is 8.35. The maximum Gasteiger partial charge on any atom is 0.471 e. The summed E-state index contributed by atoms with van der Waals surface area (Å²) < 4.78 is 37.4. The Hall–Kier alpha value is -2.84. The number of hydrogen-bond donors (Lipinski definition) is 2. The van der Waals surface area contributed by atoms with Crippen LogP contribution in [-0.4, -0.2) is 47.4 Å². The second-order valence-electron chi connectivity index (χ2n) is 6.23. The maximum atomic E-state index is 12.7. The third-order valence-electron chi connectivity index (χ3n) is 4.41. The third kappa shape index (κ3) is 5.08. The molecule has 1 aromatic carbocycles. The van der Waals surface area contributed by atoms with Crippen molar-refractivity contribution in [3.05, 3.63) is 42.5 Å². The monoisotopic (exact) mass is 383 g/mol. The van der Waals surface area contributed by atoms with Crippen LogP contribution < -0.4 is 10.6 Å². The lowest BCUT2D eigenvalue weighted by atomic mass is 9.96. The average molecular weight is 383 g/mol. The van der Waals surface area contributed by atoms with Crippen LogP contribution in [0.1, 0.15) is 30.1 Å². The molecule has 0 radical (unpaired) electrons. The van der Waals surface area contributed by atoms with Gasteiger partial charge in [0.05, 0.1) is 0 Å². The molecule has 1 aliphatic heterocycles. The number of nitrogens with zero attached hydrogens (tertiary/aromatic N) is 1. The lowest BCUT2D eigenvalue weighted by molar-refractivity contribution is -0.175. The predicted molar refractivity (Wildman–Crippen MR) is 93.0 cm³/mol. The molecule has 0 aliphatic carbocycles. The number of amides is 3. The molecule has 146 valence electrons. The molecule has 1 saturated heterocycles. The van der Waals surface area contributed by atoms with E-state index in [-0.39, 0.29) is 11.8 Å². The number of halogens is 3. The Balaban J connectivity index is 2.07. The smallest absolute Gasteiger partial charge is 0.343 e. The van der Waals surface area contributed by atoms with Crippen molar-refractivity contribution in [3.63, 3.8) is 0 Å². The number of carbonyl (C=O) groups is 3. The molecule has 0 bridgehead atoms. The number of carbonyl (C=O) groups excluding carboxylic acids is 3. The summed E-state index contributed by atoms with van der Waals surface area (Å²) in [6.07, 6.45) is -3.01. The average Bonchev–Trinajstić information content (AvgIpc) is 2.62. The summed E-state index contributed by atoms with van der Waals surface area (Å²) in [6.45, 7) is 5.33. The molecule has 1 heterocycles. The number of anilines is 1. The first kappa shape index (κ1) is 20.5. The first-order chi connectivity index (χ1) is 12.6. The number of hydrogen-bond acceptors (Lipinski definition) is 3. The molecule has 1 fully saturated rings. The number of alkyl halides is 3. The molecule has 9 heteroatoms. The number of benzene rings is 1. The van der Waals surface area contributed by atoms with Gasteiger partial charge in [-0.3, -0.25) is 14.4 Å². The van der Waals surface area contributed by atoms with Crippen molar-refractivity contribution in [1.29, 1.82) is 0 Å². The van der Waals surface area contributed by atoms with Crippen LogP contribution in [0, 0.1) is 0 Å². The normalized spacial score (nSPS) is 19.9. The second-order valence-corrected chi connectivity index (χ2v) is 6.23. The lowest BCUT2D eigenvalue weighted by Gasteiger charge is -2.39. The maximum absolute atomic E-state index is 12.7. The van der Waals surface area contributed by atoms with Gasteiger partial charge in [0.25, 0.3) is 5.91 Å². The largest absolute Gasteiger partial charge is 0.471 e. The molecule has 1 aromatic rings. The molecule has 2 N–H and O–H groups in total. The summed E-state index contributed by atoms with van der Waals surface area (Å²) in [7, 11) is 0. The number of likely N-dealkylation sites (tertiary alicyclic amines) is 1. The number of nitrogens with one attached hydrogen (secondary N) is 2. The molecule has 0 saturated carbocycles. The fourth-order valence-electron chi connectivity index (χ4n) is 2.93. The molecule has 0 unspecified atom stereocenters. The van der Waals surface area contributed by atoms with E-state index < -0.39 is 24.2 Å². The summed E-state index contributed by atoms with van der Waals surface area (Å²) in [5, 5.41) is 4.52. The van der Waals surface area contributed by atoms with Crippen molar-refractivity contribution in [3.8, 4) is 0 Å². The molecule has 2 atom stereocenters. The molecular formula is C18H20F3N3O3. The van der Waals surface area contributed by atoms with Gasteiger partial charge in [-0.25, -0.2) is 0 Å². The first-order valence-corrected chi connectivity index (χ1v) is 8.35. The van der Waals surface area contributed by atoms with Crippen LogP contribution in [0.4, 0.5) is 18.9 Å². The summed E-state index contributed by atoms with van der Waals surface area (Å²) in [5.74, 6) is -2.74. The topological polar surface area (TPSA) is 78.5 Å². The minimum absolute atomic E-state index is 0.334. The van der Waals surface area contributed by atoms with E-state index in [2.05, 4.69) is 11.9 Å². The van der Waals surface area contributed by atoms with Crippen LogP contribution in [-0.2, 0) is 9.59 Å². The lowest BCUT2D eigenvalue weighted by Crippen LogP contribution is -2.57. The highest BCUT2D eigenvalue weighted by molar-refractivity contribution is 5.99. The number of piperidine rings is 1. The summed E-state index contributed by atoms with van der Waals surface area (Å²) in [4.78, 5) is 36.6. The SMILES string of the molecule is C=CC(=O)Nc1ccc(C(=O)N2CCC[C@@H](NC(=O)C(F)(F)F)[C@H]2C)cc1. The molecule has 0 aromatic heterocycles. The zero-order valence-electron chi connectivity index (χ0n) is 14.7. The van der Waals surface area contributed by atoms with Gasteiger partial charge in [-0.05, 0) is 50.1 Å². The second kappa shape index (κ2) is 8.24. The van der Waals surface area contributed by atoms with Gasteiger partial charge in [-0.2, -0.15) is 13.2 Å². The quantitative estimate of drug-likeness (QED) is 0.784. The number of rotatable bonds is 4. The van der Waals surface area contributed by atoms with Crippen LogP contribution in [0.5, 0.6) is 0 Å². The van der Waals surface area contributed by atoms with E-state index in [1.54, 1.807) is 19.1 Å². The van der Waals surface area contributed by atoms with E-state index in [1.807, 2.05) is 5.32 Å². The van der Waals surface area contributed by atoms with Crippen LogP contribution in [0.2, 0.25) is 0 Å². The van der Waals surface area contributed by atoms with E-state index in [4.69, 9.17) is 0 Å². The standard InChI is InChI=1S/C18H20F3N3O3/c1-3-15(25)22-13-8-6-12(7-9-13)16(26)24-10-4-5-14(11(24)2)23-17(27)18(19,20)21/h3,6-9,11,14H,1,4-5,10H2,2H3,(H,22,25)(H,23,27)/t11-,14-/m1/s1. The molecule has 0 spiro atoms. The summed E-state index contributed by atoms with van der Waals surface area (Å²) in [5.41, 5.74) is 0.819. The molecule has 2 rings (SSSR count). The highest BCUT2D eigenvalue weighted by Crippen LogP contribution is 2.23. The third-order valence-corrected chi connectivity index (χ3v) is 4.41. The van der Waals surface area contributed by atoms with Crippen molar-refractivity contribution >= 4 is 23.4 Å². The molecule has 1 aliphatic rings. The highest BCUT2D eigenvalue weighted by Gasteiger charge is 2.42. The van der Waals surface area contributed by atoms with Gasteiger partial charge in [-0.15, -0.1) is 0 Å². The predicted octanol–water partition coefficient (Wildman–Crippen LogP) is 2.48. The van der Waals surface area contributed by atoms with E-state index in [1.165, 1.54) is 17.0 Å². The summed E-state index contributed by atoms with van der Waals surface area (Å²) in [6, 6.07) is 4.77. The van der Waals surface area contributed by atoms with Gasteiger partial charge in [0.2, 0.25) is 5.91 Å². The molecule has 6 nitrogen and oxygen atoms in total. The van der Waals surface area contributed by atoms with Crippen molar-refractivity contribution in [2.45, 2.75) is 38.0 Å². The Bertz CT molecular complexity index is 732. The van der Waals surface area contributed by atoms with Crippen LogP contribution in [0.25, 0.3) is 0 Å². The van der Waals surface area contributed by atoms with Crippen LogP contribution >= 0.6 is 0 Å². The van der Waals surface area contributed by atoms with Gasteiger partial charge in [0, 0.05) is 29.9 Å². The van der Waals surface area contributed by atoms with Gasteiger partial charge < -0.3 is 15.5 Å². The summed E-state index contributed by atoms with van der Waals surface area (Å²) >= 11 is 0. The van der Waals surface area contributed by atoms with Crippen molar-refractivity contribution < 1.29 is 27.6 Å². The van der Waals surface area contributed by atoms with E-state index in [0.717, 1.165) is 6.08 Å².